The molecule has 148 valence electrons. The number of ether oxygens (including phenoxy) is 1. The highest BCUT2D eigenvalue weighted by Crippen LogP contribution is 2.17. The summed E-state index contributed by atoms with van der Waals surface area (Å²) < 4.78 is 30.6. The molecule has 0 unspecified atom stereocenters. The summed E-state index contributed by atoms with van der Waals surface area (Å²) in [5.41, 5.74) is 2.02. The molecular weight excluding hydrogens is 406 g/mol. The van der Waals surface area contributed by atoms with Gasteiger partial charge in [0.25, 0.3) is 5.91 Å². The molecule has 1 aromatic carbocycles. The van der Waals surface area contributed by atoms with Crippen LogP contribution in [0.1, 0.15) is 11.1 Å². The molecule has 0 radical (unpaired) electrons. The van der Waals surface area contributed by atoms with Crippen LogP contribution in [0.2, 0.25) is 5.15 Å². The molecule has 0 atom stereocenters. The number of esters is 1. The smallest absolute Gasteiger partial charge is 0.321 e. The second-order valence-electron chi connectivity index (χ2n) is 5.63. The quantitative estimate of drug-likeness (QED) is 0.496. The first-order chi connectivity index (χ1) is 13.2. The van der Waals surface area contributed by atoms with Gasteiger partial charge in [0, 0.05) is 11.6 Å². The number of aromatic nitrogens is 1. The Labute approximate surface area is 167 Å². The van der Waals surface area contributed by atoms with E-state index in [9.17, 15) is 18.0 Å². The molecule has 2 N–H and O–H groups in total. The second kappa shape index (κ2) is 9.98. The summed E-state index contributed by atoms with van der Waals surface area (Å²) in [6.07, 6.45) is 2.86. The van der Waals surface area contributed by atoms with Gasteiger partial charge in [-0.15, -0.1) is 0 Å². The molecule has 0 saturated carbocycles. The predicted molar refractivity (Wildman–Crippen MR) is 106 cm³/mol. The lowest BCUT2D eigenvalue weighted by atomic mass is 10.2. The monoisotopic (exact) mass is 423 g/mol. The number of amides is 1. The summed E-state index contributed by atoms with van der Waals surface area (Å²) in [6, 6.07) is 10.3. The number of sulfonamides is 1. The van der Waals surface area contributed by atoms with Crippen LogP contribution in [0.25, 0.3) is 6.08 Å². The van der Waals surface area contributed by atoms with Gasteiger partial charge >= 0.3 is 5.97 Å². The van der Waals surface area contributed by atoms with Crippen LogP contribution in [0.3, 0.4) is 0 Å². The van der Waals surface area contributed by atoms with Crippen molar-refractivity contribution in [2.24, 2.45) is 0 Å². The largest absolute Gasteiger partial charge is 0.455 e. The average molecular weight is 424 g/mol. The number of halogens is 1. The molecule has 0 fully saturated rings. The van der Waals surface area contributed by atoms with E-state index in [1.807, 2.05) is 19.1 Å². The van der Waals surface area contributed by atoms with Crippen LogP contribution >= 0.6 is 11.6 Å². The van der Waals surface area contributed by atoms with Crippen molar-refractivity contribution in [1.29, 1.82) is 0 Å². The first-order valence-electron chi connectivity index (χ1n) is 8.05. The fraction of sp³-hybridized carbons (Fsp3) is 0.167. The van der Waals surface area contributed by atoms with E-state index in [2.05, 4.69) is 15.0 Å². The van der Waals surface area contributed by atoms with Gasteiger partial charge in [0.15, 0.2) is 11.8 Å². The van der Waals surface area contributed by atoms with Crippen LogP contribution in [-0.4, -0.2) is 38.4 Å². The molecule has 0 saturated heterocycles. The van der Waals surface area contributed by atoms with E-state index in [1.165, 1.54) is 18.3 Å². The van der Waals surface area contributed by atoms with Gasteiger partial charge in [-0.05, 0) is 30.7 Å². The Bertz CT molecular complexity index is 975. The third-order valence-corrected chi connectivity index (χ3v) is 4.67. The molecular formula is C18H18ClN3O5S. The fourth-order valence-electron chi connectivity index (χ4n) is 1.92. The van der Waals surface area contributed by atoms with E-state index in [1.54, 1.807) is 18.2 Å². The molecule has 8 nitrogen and oxygen atoms in total. The van der Waals surface area contributed by atoms with Gasteiger partial charge in [0.2, 0.25) is 10.0 Å². The summed E-state index contributed by atoms with van der Waals surface area (Å²) in [7, 11) is -3.84. The van der Waals surface area contributed by atoms with Crippen LogP contribution in [-0.2, 0) is 24.3 Å². The number of carbonyl (C=O) groups is 2. The molecule has 1 aromatic heterocycles. The van der Waals surface area contributed by atoms with Crippen molar-refractivity contribution in [3.05, 3.63) is 64.3 Å². The van der Waals surface area contributed by atoms with Crippen molar-refractivity contribution in [2.75, 3.05) is 18.5 Å². The van der Waals surface area contributed by atoms with Crippen LogP contribution in [0.5, 0.6) is 0 Å². The first-order valence-corrected chi connectivity index (χ1v) is 9.98. The Balaban J connectivity index is 1.77. The molecule has 1 heterocycles. The third kappa shape index (κ3) is 7.47. The van der Waals surface area contributed by atoms with Gasteiger partial charge in [-0.25, -0.2) is 18.1 Å². The molecule has 0 aliphatic heterocycles. The minimum absolute atomic E-state index is 0.0929. The van der Waals surface area contributed by atoms with E-state index >= 15 is 0 Å². The van der Waals surface area contributed by atoms with E-state index in [0.717, 1.165) is 11.0 Å². The number of hydrogen-bond acceptors (Lipinski definition) is 6. The number of benzene rings is 1. The van der Waals surface area contributed by atoms with Gasteiger partial charge in [0.05, 0.1) is 5.69 Å². The summed E-state index contributed by atoms with van der Waals surface area (Å²) >= 11 is 5.80. The van der Waals surface area contributed by atoms with Crippen molar-refractivity contribution in [3.8, 4) is 0 Å². The predicted octanol–water partition coefficient (Wildman–Crippen LogP) is 2.12. The van der Waals surface area contributed by atoms with E-state index < -0.39 is 35.1 Å². The van der Waals surface area contributed by atoms with E-state index in [-0.39, 0.29) is 10.8 Å². The third-order valence-electron chi connectivity index (χ3n) is 3.33. The lowest BCUT2D eigenvalue weighted by Crippen LogP contribution is -2.31. The Morgan fingerprint density at radius 3 is 2.61 bits per heavy atom. The molecule has 10 heteroatoms. The lowest BCUT2D eigenvalue weighted by molar-refractivity contribution is -0.146. The molecule has 0 bridgehead atoms. The van der Waals surface area contributed by atoms with E-state index in [0.29, 0.717) is 5.56 Å². The Kier molecular flexibility index (Phi) is 7.68. The van der Waals surface area contributed by atoms with Crippen LogP contribution in [0.4, 0.5) is 5.69 Å². The number of anilines is 1. The van der Waals surface area contributed by atoms with Gasteiger partial charge in [-0.2, -0.15) is 0 Å². The van der Waals surface area contributed by atoms with Gasteiger partial charge in [-0.1, -0.05) is 41.4 Å². The summed E-state index contributed by atoms with van der Waals surface area (Å²) in [6.45, 7) is 0.718. The number of pyridine rings is 1. The SMILES string of the molecule is Cc1ccc(C=CS(=O)(=O)NCC(=O)OCC(=O)Nc2cccnc2Cl)cc1. The fourth-order valence-corrected chi connectivity index (χ4v) is 2.83. The molecule has 28 heavy (non-hydrogen) atoms. The van der Waals surface area contributed by atoms with Crippen molar-refractivity contribution in [2.45, 2.75) is 6.92 Å². The number of nitrogens with zero attached hydrogens (tertiary/aromatic N) is 1. The second-order valence-corrected chi connectivity index (χ2v) is 7.64. The van der Waals surface area contributed by atoms with Gasteiger partial charge in [-0.3, -0.25) is 9.59 Å². The highest BCUT2D eigenvalue weighted by Gasteiger charge is 2.12. The maximum absolute atomic E-state index is 11.9. The molecule has 2 aromatic rings. The highest BCUT2D eigenvalue weighted by atomic mass is 35.5. The van der Waals surface area contributed by atoms with Crippen LogP contribution in [0.15, 0.2) is 48.0 Å². The first kappa shape index (κ1) is 21.5. The van der Waals surface area contributed by atoms with Crippen molar-refractivity contribution < 1.29 is 22.7 Å². The van der Waals surface area contributed by atoms with Gasteiger partial charge < -0.3 is 10.1 Å². The minimum atomic E-state index is -3.84. The zero-order chi connectivity index (χ0) is 20.6. The maximum atomic E-state index is 11.9. The highest BCUT2D eigenvalue weighted by molar-refractivity contribution is 7.92. The molecule has 0 aliphatic carbocycles. The van der Waals surface area contributed by atoms with Crippen LogP contribution < -0.4 is 10.0 Å². The van der Waals surface area contributed by atoms with Crippen molar-refractivity contribution in [1.82, 2.24) is 9.71 Å². The van der Waals surface area contributed by atoms with Crippen molar-refractivity contribution in [3.63, 3.8) is 0 Å². The summed E-state index contributed by atoms with van der Waals surface area (Å²) in [4.78, 5) is 27.1. The Hall–Kier alpha value is -2.75. The van der Waals surface area contributed by atoms with E-state index in [4.69, 9.17) is 16.3 Å². The summed E-state index contributed by atoms with van der Waals surface area (Å²) in [5, 5.41) is 3.46. The number of aryl methyl sites for hydroxylation is 1. The molecule has 2 rings (SSSR count). The number of carbonyl (C=O) groups excluding carboxylic acids is 2. The Morgan fingerprint density at radius 1 is 1.21 bits per heavy atom. The number of nitrogens with one attached hydrogen (secondary N) is 2. The zero-order valence-corrected chi connectivity index (χ0v) is 16.5. The molecule has 0 spiro atoms. The number of hydrogen-bond donors (Lipinski definition) is 2. The lowest BCUT2D eigenvalue weighted by Gasteiger charge is -2.07. The Morgan fingerprint density at radius 2 is 1.93 bits per heavy atom. The normalized spacial score (nSPS) is 11.4. The van der Waals surface area contributed by atoms with Crippen LogP contribution in [0, 0.1) is 6.92 Å². The maximum Gasteiger partial charge on any atom is 0.321 e. The van der Waals surface area contributed by atoms with Gasteiger partial charge in [0.1, 0.15) is 6.54 Å². The number of rotatable bonds is 8. The molecule has 1 amide bonds. The van der Waals surface area contributed by atoms with Crippen molar-refractivity contribution >= 4 is 45.3 Å². The minimum Gasteiger partial charge on any atom is -0.455 e. The topological polar surface area (TPSA) is 114 Å². The average Bonchev–Trinajstić information content (AvgIpc) is 2.66. The zero-order valence-electron chi connectivity index (χ0n) is 14.9. The summed E-state index contributed by atoms with van der Waals surface area (Å²) in [5.74, 6) is -1.54. The molecule has 0 aliphatic rings. The standard InChI is InChI=1S/C18H18ClN3O5S/c1-13-4-6-14(7-5-13)8-10-28(25,26)21-11-17(24)27-12-16(23)22-15-3-2-9-20-18(15)19/h2-10,21H,11-12H2,1H3,(H,22,23).